The van der Waals surface area contributed by atoms with Gasteiger partial charge in [-0.05, 0) is 31.7 Å². The van der Waals surface area contributed by atoms with Crippen LogP contribution < -0.4 is 0 Å². The van der Waals surface area contributed by atoms with Crippen molar-refractivity contribution in [2.45, 2.75) is 40.3 Å². The largest absolute Gasteiger partial charge is 0.433 e. The van der Waals surface area contributed by atoms with Gasteiger partial charge in [0, 0.05) is 27.1 Å². The lowest BCUT2D eigenvalue weighted by Gasteiger charge is -2.19. The second-order valence-electron chi connectivity index (χ2n) is 5.08. The van der Waals surface area contributed by atoms with Gasteiger partial charge in [0.15, 0.2) is 5.69 Å². The third-order valence-electron chi connectivity index (χ3n) is 2.80. The van der Waals surface area contributed by atoms with Crippen LogP contribution in [-0.2, 0) is 12.6 Å². The molecule has 0 bridgehead atoms. The van der Waals surface area contributed by atoms with E-state index in [1.165, 1.54) is 13.1 Å². The van der Waals surface area contributed by atoms with Crippen molar-refractivity contribution in [1.29, 1.82) is 0 Å². The monoisotopic (exact) mass is 319 g/mol. The Morgan fingerprint density at radius 2 is 1.75 bits per heavy atom. The first-order chi connectivity index (χ1) is 9.05. The van der Waals surface area contributed by atoms with Crippen molar-refractivity contribution in [3.05, 3.63) is 28.6 Å². The van der Waals surface area contributed by atoms with Crippen molar-refractivity contribution in [2.24, 2.45) is 5.92 Å². The van der Waals surface area contributed by atoms with Crippen molar-refractivity contribution in [1.82, 2.24) is 4.98 Å². The number of nitrogens with zero attached hydrogens (tertiary/aromatic N) is 1. The topological polar surface area (TPSA) is 12.9 Å². The highest BCUT2D eigenvalue weighted by atomic mass is 32.1. The van der Waals surface area contributed by atoms with Gasteiger partial charge in [0.05, 0.1) is 0 Å². The van der Waals surface area contributed by atoms with E-state index in [0.29, 0.717) is 22.4 Å². The summed E-state index contributed by atoms with van der Waals surface area (Å²) >= 11 is 10.1. The third kappa shape index (κ3) is 3.82. The highest BCUT2D eigenvalue weighted by molar-refractivity contribution is 7.81. The molecule has 110 valence electrons. The van der Waals surface area contributed by atoms with Gasteiger partial charge in [0.1, 0.15) is 0 Å². The maximum Gasteiger partial charge on any atom is 0.433 e. The van der Waals surface area contributed by atoms with Gasteiger partial charge in [-0.2, -0.15) is 13.2 Å². The van der Waals surface area contributed by atoms with Crippen LogP contribution in [0.5, 0.6) is 0 Å². The molecule has 20 heavy (non-hydrogen) atoms. The zero-order valence-corrected chi connectivity index (χ0v) is 13.4. The van der Waals surface area contributed by atoms with Crippen LogP contribution in [0.3, 0.4) is 0 Å². The fourth-order valence-corrected chi connectivity index (χ4v) is 2.46. The van der Waals surface area contributed by atoms with Crippen LogP contribution in [0.4, 0.5) is 13.2 Å². The van der Waals surface area contributed by atoms with Crippen LogP contribution >= 0.6 is 24.4 Å². The maximum absolute atomic E-state index is 13.1. The highest BCUT2D eigenvalue weighted by Gasteiger charge is 2.37. The average Bonchev–Trinajstić information content (AvgIpc) is 2.25. The molecule has 0 fully saturated rings. The summed E-state index contributed by atoms with van der Waals surface area (Å²) in [6, 6.07) is 0. The molecule has 0 atom stereocenters. The number of aromatic nitrogens is 1. The molecule has 1 aromatic heterocycles. The molecule has 1 aromatic rings. The molecule has 0 amide bonds. The minimum absolute atomic E-state index is 0.0166. The fraction of sp³-hybridized carbons (Fsp3) is 0.500. The molecular formula is C14H16F3NS2. The number of alkyl halides is 3. The first-order valence-electron chi connectivity index (χ1n) is 6.16. The van der Waals surface area contributed by atoms with Gasteiger partial charge in [-0.3, -0.25) is 4.98 Å². The minimum Gasteiger partial charge on any atom is -0.250 e. The number of thiocarbonyl (C=S) groups is 2. The lowest BCUT2D eigenvalue weighted by molar-refractivity contribution is -0.141. The van der Waals surface area contributed by atoms with Crippen LogP contribution in [0.15, 0.2) is 6.20 Å². The fourth-order valence-electron chi connectivity index (χ4n) is 2.07. The SMILES string of the molecule is CC(=S)c1cnc(C(F)(F)F)c(C(C)=S)c1CC(C)C. The molecule has 0 unspecified atom stereocenters. The number of hydrogen-bond donors (Lipinski definition) is 0. The molecule has 0 radical (unpaired) electrons. The van der Waals surface area contributed by atoms with E-state index >= 15 is 0 Å². The Balaban J connectivity index is 3.70. The van der Waals surface area contributed by atoms with E-state index in [4.69, 9.17) is 24.4 Å². The molecule has 0 N–H and O–H groups in total. The van der Waals surface area contributed by atoms with E-state index in [1.54, 1.807) is 6.92 Å². The zero-order chi connectivity index (χ0) is 15.7. The highest BCUT2D eigenvalue weighted by Crippen LogP contribution is 2.34. The molecule has 0 aliphatic rings. The molecular weight excluding hydrogens is 303 g/mol. The van der Waals surface area contributed by atoms with Crippen molar-refractivity contribution >= 4 is 34.2 Å². The summed E-state index contributed by atoms with van der Waals surface area (Å²) in [6.07, 6.45) is -2.82. The van der Waals surface area contributed by atoms with Gasteiger partial charge in [-0.15, -0.1) is 0 Å². The van der Waals surface area contributed by atoms with Crippen LogP contribution in [0, 0.1) is 5.92 Å². The second kappa shape index (κ2) is 6.26. The Bertz CT molecular complexity index is 548. The van der Waals surface area contributed by atoms with E-state index in [1.807, 2.05) is 13.8 Å². The van der Waals surface area contributed by atoms with Crippen LogP contribution in [0.2, 0.25) is 0 Å². The van der Waals surface area contributed by atoms with Gasteiger partial charge in [-0.25, -0.2) is 0 Å². The first kappa shape index (κ1) is 17.2. The summed E-state index contributed by atoms with van der Waals surface area (Å²) in [5, 5.41) is 0. The molecule has 0 aromatic carbocycles. The van der Waals surface area contributed by atoms with E-state index < -0.39 is 11.9 Å². The molecule has 1 heterocycles. The molecule has 0 aliphatic heterocycles. The Morgan fingerprint density at radius 3 is 2.10 bits per heavy atom. The standard InChI is InChI=1S/C14H16F3NS2/c1-7(2)5-10-11(8(3)19)6-18-13(14(15,16)17)12(10)9(4)20/h6-7H,5H2,1-4H3. The van der Waals surface area contributed by atoms with E-state index in [9.17, 15) is 13.2 Å². The summed E-state index contributed by atoms with van der Waals surface area (Å²) in [5.74, 6) is 0.194. The zero-order valence-electron chi connectivity index (χ0n) is 11.8. The summed E-state index contributed by atoms with van der Waals surface area (Å²) in [6.45, 7) is 7.07. The van der Waals surface area contributed by atoms with E-state index in [-0.39, 0.29) is 16.3 Å². The molecule has 0 aliphatic carbocycles. The quantitative estimate of drug-likeness (QED) is 0.586. The molecule has 0 spiro atoms. The number of pyridine rings is 1. The smallest absolute Gasteiger partial charge is 0.250 e. The van der Waals surface area contributed by atoms with Crippen LogP contribution in [-0.4, -0.2) is 14.7 Å². The summed E-state index contributed by atoms with van der Waals surface area (Å²) in [7, 11) is 0. The number of rotatable bonds is 4. The van der Waals surface area contributed by atoms with Crippen LogP contribution in [0.25, 0.3) is 0 Å². The summed E-state index contributed by atoms with van der Waals surface area (Å²) < 4.78 is 39.3. The molecule has 1 rings (SSSR count). The lowest BCUT2D eigenvalue weighted by Crippen LogP contribution is -2.19. The first-order valence-corrected chi connectivity index (χ1v) is 6.98. The third-order valence-corrected chi connectivity index (χ3v) is 3.22. The van der Waals surface area contributed by atoms with Gasteiger partial charge < -0.3 is 0 Å². The van der Waals surface area contributed by atoms with E-state index in [2.05, 4.69) is 4.98 Å². The minimum atomic E-state index is -4.52. The Kier molecular flexibility index (Phi) is 5.38. The van der Waals surface area contributed by atoms with E-state index in [0.717, 1.165) is 0 Å². The summed E-state index contributed by atoms with van der Waals surface area (Å²) in [5.41, 5.74) is 0.242. The van der Waals surface area contributed by atoms with Crippen LogP contribution in [0.1, 0.15) is 50.1 Å². The normalized spacial score (nSPS) is 11.8. The predicted octanol–water partition coefficient (Wildman–Crippen LogP) is 4.77. The van der Waals surface area contributed by atoms with Gasteiger partial charge in [-0.1, -0.05) is 38.3 Å². The molecule has 6 heteroatoms. The molecule has 1 nitrogen and oxygen atoms in total. The van der Waals surface area contributed by atoms with Crippen molar-refractivity contribution in [2.75, 3.05) is 0 Å². The molecule has 0 saturated heterocycles. The number of halogens is 3. The van der Waals surface area contributed by atoms with Crippen molar-refractivity contribution < 1.29 is 13.2 Å². The molecule has 0 saturated carbocycles. The predicted molar refractivity (Wildman–Crippen MR) is 82.5 cm³/mol. The number of hydrogen-bond acceptors (Lipinski definition) is 3. The Morgan fingerprint density at radius 1 is 1.20 bits per heavy atom. The summed E-state index contributed by atoms with van der Waals surface area (Å²) in [4.78, 5) is 4.28. The van der Waals surface area contributed by atoms with Gasteiger partial charge >= 0.3 is 6.18 Å². The Hall–Kier alpha value is -0.880. The average molecular weight is 319 g/mol. The van der Waals surface area contributed by atoms with Crippen molar-refractivity contribution in [3.8, 4) is 0 Å². The van der Waals surface area contributed by atoms with Gasteiger partial charge in [0.25, 0.3) is 0 Å². The lowest BCUT2D eigenvalue weighted by atomic mass is 9.91. The Labute approximate surface area is 127 Å². The second-order valence-corrected chi connectivity index (χ2v) is 6.31. The van der Waals surface area contributed by atoms with Gasteiger partial charge in [0.2, 0.25) is 0 Å². The maximum atomic E-state index is 13.1. The van der Waals surface area contributed by atoms with Crippen molar-refractivity contribution in [3.63, 3.8) is 0 Å².